The Hall–Kier alpha value is -1.55. The third kappa shape index (κ3) is 3.12. The summed E-state index contributed by atoms with van der Waals surface area (Å²) in [5, 5.41) is 0. The van der Waals surface area contributed by atoms with Gasteiger partial charge < -0.3 is 4.74 Å². The summed E-state index contributed by atoms with van der Waals surface area (Å²) >= 11 is 0. The lowest BCUT2D eigenvalue weighted by atomic mass is 9.86. The van der Waals surface area contributed by atoms with Gasteiger partial charge in [-0.1, -0.05) is 30.3 Å². The van der Waals surface area contributed by atoms with Crippen LogP contribution in [0.4, 0.5) is 4.79 Å². The molecule has 22 heavy (non-hydrogen) atoms. The maximum atomic E-state index is 12.4. The van der Waals surface area contributed by atoms with Crippen molar-refractivity contribution in [3.63, 3.8) is 0 Å². The first-order valence-electron chi connectivity index (χ1n) is 8.15. The van der Waals surface area contributed by atoms with E-state index in [1.165, 1.54) is 5.56 Å². The molecule has 0 N–H and O–H groups in total. The zero-order valence-electron chi connectivity index (χ0n) is 13.8. The van der Waals surface area contributed by atoms with E-state index in [1.807, 2.05) is 31.7 Å². The highest BCUT2D eigenvalue weighted by Crippen LogP contribution is 2.39. The van der Waals surface area contributed by atoms with E-state index in [1.54, 1.807) is 0 Å². The van der Waals surface area contributed by atoms with Crippen LogP contribution in [0.1, 0.15) is 39.2 Å². The second-order valence-electron chi connectivity index (χ2n) is 7.59. The lowest BCUT2D eigenvalue weighted by molar-refractivity contribution is -0.0488. The summed E-state index contributed by atoms with van der Waals surface area (Å²) in [6, 6.07) is 10.5. The number of ether oxygens (including phenoxy) is 1. The molecule has 2 fully saturated rings. The van der Waals surface area contributed by atoms with Gasteiger partial charge in [-0.15, -0.1) is 0 Å². The molecule has 0 aromatic heterocycles. The Morgan fingerprint density at radius 2 is 1.91 bits per heavy atom. The Morgan fingerprint density at radius 3 is 2.55 bits per heavy atom. The molecule has 1 aromatic carbocycles. The number of nitrogens with zero attached hydrogens (tertiary/aromatic N) is 2. The van der Waals surface area contributed by atoms with Crippen LogP contribution in [0.15, 0.2) is 30.3 Å². The molecule has 0 atom stereocenters. The van der Waals surface area contributed by atoms with Gasteiger partial charge in [-0.2, -0.15) is 0 Å². The fraction of sp³-hybridized carbons (Fsp3) is 0.611. The molecule has 0 unspecified atom stereocenters. The normalized spacial score (nSPS) is 21.0. The average molecular weight is 302 g/mol. The zero-order chi connectivity index (χ0) is 15.8. The zero-order valence-corrected chi connectivity index (χ0v) is 13.8. The van der Waals surface area contributed by atoms with Gasteiger partial charge in [0.15, 0.2) is 0 Å². The van der Waals surface area contributed by atoms with Crippen molar-refractivity contribution in [1.82, 2.24) is 9.80 Å². The van der Waals surface area contributed by atoms with Gasteiger partial charge in [-0.05, 0) is 39.2 Å². The van der Waals surface area contributed by atoms with Gasteiger partial charge >= 0.3 is 6.09 Å². The largest absolute Gasteiger partial charge is 0.444 e. The van der Waals surface area contributed by atoms with Crippen molar-refractivity contribution in [1.29, 1.82) is 0 Å². The van der Waals surface area contributed by atoms with E-state index < -0.39 is 5.60 Å². The van der Waals surface area contributed by atoms with Gasteiger partial charge in [0.05, 0.1) is 5.54 Å². The molecule has 2 saturated heterocycles. The molecule has 4 nitrogen and oxygen atoms in total. The topological polar surface area (TPSA) is 32.8 Å². The maximum Gasteiger partial charge on any atom is 0.410 e. The number of likely N-dealkylation sites (tertiary alicyclic amines) is 2. The number of rotatable bonds is 2. The Labute approximate surface area is 133 Å². The Bertz CT molecular complexity index is 530. The van der Waals surface area contributed by atoms with E-state index >= 15 is 0 Å². The van der Waals surface area contributed by atoms with E-state index in [9.17, 15) is 4.79 Å². The van der Waals surface area contributed by atoms with Gasteiger partial charge in [0, 0.05) is 26.2 Å². The van der Waals surface area contributed by atoms with Gasteiger partial charge in [0.1, 0.15) is 5.60 Å². The van der Waals surface area contributed by atoms with Crippen molar-refractivity contribution in [2.24, 2.45) is 0 Å². The standard InChI is InChI=1S/C18H26N2O2/c1-17(2,3)22-16(21)20-11-7-10-18(20)13-19(14-18)12-15-8-5-4-6-9-15/h4-6,8-9H,7,10-14H2,1-3H3. The molecule has 0 bridgehead atoms. The van der Waals surface area contributed by atoms with Gasteiger partial charge in [0.2, 0.25) is 0 Å². The van der Waals surface area contributed by atoms with Crippen molar-refractivity contribution in [2.75, 3.05) is 19.6 Å². The molecule has 0 aliphatic carbocycles. The van der Waals surface area contributed by atoms with Crippen LogP contribution in [0, 0.1) is 0 Å². The average Bonchev–Trinajstić information content (AvgIpc) is 2.82. The van der Waals surface area contributed by atoms with Crippen molar-refractivity contribution in [3.05, 3.63) is 35.9 Å². The summed E-state index contributed by atoms with van der Waals surface area (Å²) in [7, 11) is 0. The quantitative estimate of drug-likeness (QED) is 0.840. The van der Waals surface area contributed by atoms with Crippen LogP contribution in [0.25, 0.3) is 0 Å². The van der Waals surface area contributed by atoms with Crippen molar-refractivity contribution in [3.8, 4) is 0 Å². The summed E-state index contributed by atoms with van der Waals surface area (Å²) in [5.41, 5.74) is 0.921. The summed E-state index contributed by atoms with van der Waals surface area (Å²) in [5.74, 6) is 0. The van der Waals surface area contributed by atoms with E-state index in [4.69, 9.17) is 4.74 Å². The summed E-state index contributed by atoms with van der Waals surface area (Å²) in [6.45, 7) is 9.49. The van der Waals surface area contributed by atoms with E-state index in [-0.39, 0.29) is 11.6 Å². The summed E-state index contributed by atoms with van der Waals surface area (Å²) in [4.78, 5) is 16.8. The SMILES string of the molecule is CC(C)(C)OC(=O)N1CCCC12CN(Cc1ccccc1)C2. The highest BCUT2D eigenvalue weighted by Gasteiger charge is 2.52. The molecule has 1 amide bonds. The molecule has 120 valence electrons. The summed E-state index contributed by atoms with van der Waals surface area (Å²) in [6.07, 6.45) is 2.03. The third-order valence-electron chi connectivity index (χ3n) is 4.50. The van der Waals surface area contributed by atoms with Gasteiger partial charge in [0.25, 0.3) is 0 Å². The minimum absolute atomic E-state index is 0.0110. The third-order valence-corrected chi connectivity index (χ3v) is 4.50. The highest BCUT2D eigenvalue weighted by atomic mass is 16.6. The smallest absolute Gasteiger partial charge is 0.410 e. The molecule has 3 rings (SSSR count). The molecule has 4 heteroatoms. The molecular formula is C18H26N2O2. The Morgan fingerprint density at radius 1 is 1.23 bits per heavy atom. The Kier molecular flexibility index (Phi) is 3.89. The van der Waals surface area contributed by atoms with Gasteiger partial charge in [-0.3, -0.25) is 9.80 Å². The Balaban J connectivity index is 1.59. The van der Waals surface area contributed by atoms with E-state index in [2.05, 4.69) is 29.2 Å². The first kappa shape index (κ1) is 15.3. The fourth-order valence-electron chi connectivity index (χ4n) is 3.61. The number of carbonyl (C=O) groups is 1. The van der Waals surface area contributed by atoms with Crippen LogP contribution in [0.5, 0.6) is 0 Å². The molecule has 0 radical (unpaired) electrons. The van der Waals surface area contributed by atoms with Crippen LogP contribution in [-0.2, 0) is 11.3 Å². The predicted molar refractivity (Wildman–Crippen MR) is 86.6 cm³/mol. The second-order valence-corrected chi connectivity index (χ2v) is 7.59. The van der Waals surface area contributed by atoms with Crippen molar-refractivity contribution < 1.29 is 9.53 Å². The number of hydrogen-bond donors (Lipinski definition) is 0. The first-order chi connectivity index (χ1) is 10.4. The second kappa shape index (κ2) is 5.58. The molecule has 2 heterocycles. The summed E-state index contributed by atoms with van der Waals surface area (Å²) < 4.78 is 5.57. The molecular weight excluding hydrogens is 276 g/mol. The van der Waals surface area contributed by atoms with Crippen LogP contribution in [-0.4, -0.2) is 46.7 Å². The number of benzene rings is 1. The van der Waals surface area contributed by atoms with Crippen LogP contribution < -0.4 is 0 Å². The molecule has 2 aliphatic heterocycles. The number of carbonyl (C=O) groups excluding carboxylic acids is 1. The minimum Gasteiger partial charge on any atom is -0.444 e. The van der Waals surface area contributed by atoms with Crippen LogP contribution in [0.3, 0.4) is 0 Å². The predicted octanol–water partition coefficient (Wildman–Crippen LogP) is 3.27. The van der Waals surface area contributed by atoms with Crippen molar-refractivity contribution >= 4 is 6.09 Å². The molecule has 1 aromatic rings. The van der Waals surface area contributed by atoms with Crippen LogP contribution >= 0.6 is 0 Å². The monoisotopic (exact) mass is 302 g/mol. The lowest BCUT2D eigenvalue weighted by Crippen LogP contribution is -2.68. The van der Waals surface area contributed by atoms with E-state index in [0.717, 1.165) is 39.0 Å². The van der Waals surface area contributed by atoms with E-state index in [0.29, 0.717) is 0 Å². The van der Waals surface area contributed by atoms with Crippen molar-refractivity contribution in [2.45, 2.75) is 51.3 Å². The molecule has 0 saturated carbocycles. The van der Waals surface area contributed by atoms with Crippen LogP contribution in [0.2, 0.25) is 0 Å². The number of amides is 1. The fourth-order valence-corrected chi connectivity index (χ4v) is 3.61. The maximum absolute atomic E-state index is 12.4. The highest BCUT2D eigenvalue weighted by molar-refractivity contribution is 5.70. The molecule has 2 aliphatic rings. The lowest BCUT2D eigenvalue weighted by Gasteiger charge is -2.52. The number of hydrogen-bond acceptors (Lipinski definition) is 3. The first-order valence-corrected chi connectivity index (χ1v) is 8.15. The van der Waals surface area contributed by atoms with Gasteiger partial charge in [-0.25, -0.2) is 4.79 Å². The minimum atomic E-state index is -0.422. The molecule has 1 spiro atoms.